The molecule has 0 bridgehead atoms. The number of hydrogen-bond acceptors (Lipinski definition) is 4. The number of phenols is 1. The lowest BCUT2D eigenvalue weighted by atomic mass is 10.0. The summed E-state index contributed by atoms with van der Waals surface area (Å²) in [4.78, 5) is 5.09. The van der Waals surface area contributed by atoms with Gasteiger partial charge in [-0.3, -0.25) is 0 Å². The minimum absolute atomic E-state index is 0.340. The third-order valence-electron chi connectivity index (χ3n) is 3.21. The number of thiazole rings is 1. The van der Waals surface area contributed by atoms with Gasteiger partial charge in [0.1, 0.15) is 5.75 Å². The quantitative estimate of drug-likeness (QED) is 0.744. The molecule has 20 heavy (non-hydrogen) atoms. The number of nitrogens with zero attached hydrogens (tertiary/aromatic N) is 1. The maximum atomic E-state index is 10.1. The van der Waals surface area contributed by atoms with Crippen LogP contribution in [0.2, 0.25) is 4.47 Å². The molecule has 0 aliphatic rings. The summed E-state index contributed by atoms with van der Waals surface area (Å²) in [5.41, 5.74) is 1.87. The molecule has 3 rings (SSSR count). The maximum Gasteiger partial charge on any atom is 0.183 e. The Balaban J connectivity index is 1.93. The van der Waals surface area contributed by atoms with Crippen LogP contribution in [0.15, 0.2) is 36.5 Å². The van der Waals surface area contributed by atoms with Crippen LogP contribution in [-0.4, -0.2) is 10.1 Å². The summed E-state index contributed by atoms with van der Waals surface area (Å²) in [7, 11) is 0. The first-order chi connectivity index (χ1) is 9.65. The molecule has 0 atom stereocenters. The van der Waals surface area contributed by atoms with E-state index in [4.69, 9.17) is 11.6 Å². The molecule has 0 saturated heterocycles. The van der Waals surface area contributed by atoms with E-state index in [9.17, 15) is 5.11 Å². The lowest BCUT2D eigenvalue weighted by molar-refractivity contribution is 0.477. The Bertz CT molecular complexity index is 770. The van der Waals surface area contributed by atoms with E-state index in [2.05, 4.69) is 10.3 Å². The normalized spacial score (nSPS) is 10.9. The zero-order valence-electron chi connectivity index (χ0n) is 10.9. The molecule has 0 amide bonds. The van der Waals surface area contributed by atoms with Gasteiger partial charge in [0.25, 0.3) is 0 Å². The van der Waals surface area contributed by atoms with Crippen molar-refractivity contribution in [2.24, 2.45) is 0 Å². The van der Waals surface area contributed by atoms with Crippen LogP contribution in [0.25, 0.3) is 10.8 Å². The van der Waals surface area contributed by atoms with Gasteiger partial charge < -0.3 is 10.4 Å². The molecule has 3 aromatic rings. The Morgan fingerprint density at radius 3 is 2.85 bits per heavy atom. The van der Waals surface area contributed by atoms with Crippen LogP contribution in [-0.2, 0) is 6.54 Å². The van der Waals surface area contributed by atoms with Gasteiger partial charge in [0.15, 0.2) is 4.47 Å². The summed E-state index contributed by atoms with van der Waals surface area (Å²) in [5.74, 6) is 0.340. The van der Waals surface area contributed by atoms with Crippen molar-refractivity contribution in [1.82, 2.24) is 4.98 Å². The number of rotatable bonds is 3. The van der Waals surface area contributed by atoms with Crippen LogP contribution >= 0.6 is 22.9 Å². The van der Waals surface area contributed by atoms with E-state index in [0.717, 1.165) is 26.9 Å². The van der Waals surface area contributed by atoms with Gasteiger partial charge in [-0.25, -0.2) is 4.98 Å². The van der Waals surface area contributed by atoms with E-state index >= 15 is 0 Å². The number of halogens is 1. The minimum atomic E-state index is 0.340. The van der Waals surface area contributed by atoms with Crippen LogP contribution < -0.4 is 5.32 Å². The third kappa shape index (κ3) is 2.44. The van der Waals surface area contributed by atoms with Gasteiger partial charge in [-0.05, 0) is 18.6 Å². The molecule has 0 spiro atoms. The predicted molar refractivity (Wildman–Crippen MR) is 84.8 cm³/mol. The zero-order valence-corrected chi connectivity index (χ0v) is 12.4. The molecular formula is C15H13ClN2OS. The lowest BCUT2D eigenvalue weighted by Crippen LogP contribution is -1.98. The highest BCUT2D eigenvalue weighted by Crippen LogP contribution is 2.33. The van der Waals surface area contributed by atoms with Crippen molar-refractivity contribution in [3.63, 3.8) is 0 Å². The average molecular weight is 305 g/mol. The number of fused-ring (bicyclic) bond motifs is 1. The van der Waals surface area contributed by atoms with E-state index in [1.54, 1.807) is 6.20 Å². The summed E-state index contributed by atoms with van der Waals surface area (Å²) in [6.07, 6.45) is 1.77. The van der Waals surface area contributed by atoms with E-state index in [-0.39, 0.29) is 0 Å². The number of benzene rings is 2. The van der Waals surface area contributed by atoms with Crippen molar-refractivity contribution in [2.45, 2.75) is 13.5 Å². The van der Waals surface area contributed by atoms with Gasteiger partial charge >= 0.3 is 0 Å². The highest BCUT2D eigenvalue weighted by Gasteiger charge is 2.07. The van der Waals surface area contributed by atoms with Crippen molar-refractivity contribution >= 4 is 39.4 Å². The smallest absolute Gasteiger partial charge is 0.183 e. The Kier molecular flexibility index (Phi) is 3.51. The Morgan fingerprint density at radius 2 is 2.10 bits per heavy atom. The fourth-order valence-electron chi connectivity index (χ4n) is 2.15. The Morgan fingerprint density at radius 1 is 1.25 bits per heavy atom. The first-order valence-corrected chi connectivity index (χ1v) is 7.40. The van der Waals surface area contributed by atoms with Crippen LogP contribution in [0.3, 0.4) is 0 Å². The monoisotopic (exact) mass is 304 g/mol. The van der Waals surface area contributed by atoms with Crippen molar-refractivity contribution < 1.29 is 5.11 Å². The van der Waals surface area contributed by atoms with Gasteiger partial charge in [0.2, 0.25) is 0 Å². The fourth-order valence-corrected chi connectivity index (χ4v) is 3.07. The molecule has 0 aliphatic carbocycles. The molecule has 2 aromatic carbocycles. The molecule has 0 unspecified atom stereocenters. The molecule has 0 saturated carbocycles. The van der Waals surface area contributed by atoms with E-state index in [1.807, 2.05) is 37.3 Å². The van der Waals surface area contributed by atoms with Crippen molar-refractivity contribution in [1.29, 1.82) is 0 Å². The van der Waals surface area contributed by atoms with Crippen LogP contribution in [0.5, 0.6) is 5.75 Å². The molecule has 2 N–H and O–H groups in total. The van der Waals surface area contributed by atoms with Gasteiger partial charge in [-0.15, -0.1) is 11.3 Å². The number of hydrogen-bond donors (Lipinski definition) is 2. The number of aromatic nitrogens is 1. The Labute approximate surface area is 125 Å². The van der Waals surface area contributed by atoms with Gasteiger partial charge in [-0.2, -0.15) is 0 Å². The summed E-state index contributed by atoms with van der Waals surface area (Å²) in [5, 5.41) is 15.3. The van der Waals surface area contributed by atoms with E-state index in [1.165, 1.54) is 11.3 Å². The molecular weight excluding hydrogens is 292 g/mol. The number of phenolic OH excluding ortho intramolecular Hbond substituents is 1. The summed E-state index contributed by atoms with van der Waals surface area (Å²) in [6.45, 7) is 2.56. The highest BCUT2D eigenvalue weighted by atomic mass is 35.5. The first-order valence-electron chi connectivity index (χ1n) is 6.20. The second kappa shape index (κ2) is 5.31. The van der Waals surface area contributed by atoms with Gasteiger partial charge in [0, 0.05) is 27.5 Å². The van der Waals surface area contributed by atoms with E-state index < -0.39 is 0 Å². The Hall–Kier alpha value is -1.78. The maximum absolute atomic E-state index is 10.1. The second-order valence-electron chi connectivity index (χ2n) is 4.56. The molecule has 1 aromatic heterocycles. The van der Waals surface area contributed by atoms with Crippen LogP contribution in [0, 0.1) is 6.92 Å². The molecule has 1 heterocycles. The van der Waals surface area contributed by atoms with Crippen molar-refractivity contribution in [3.8, 4) is 5.75 Å². The molecule has 102 valence electrons. The number of aromatic hydroxyl groups is 1. The molecule has 0 radical (unpaired) electrons. The van der Waals surface area contributed by atoms with Crippen LogP contribution in [0.4, 0.5) is 5.69 Å². The van der Waals surface area contributed by atoms with Crippen LogP contribution in [0.1, 0.15) is 10.4 Å². The topological polar surface area (TPSA) is 45.2 Å². The van der Waals surface area contributed by atoms with Crippen molar-refractivity contribution in [2.75, 3.05) is 5.32 Å². The fraction of sp³-hybridized carbons (Fsp3) is 0.133. The number of nitrogens with one attached hydrogen (secondary N) is 1. The zero-order chi connectivity index (χ0) is 14.1. The SMILES string of the molecule is Cc1ccc2c(NCc3cnc(Cl)s3)cccc2c1O. The largest absolute Gasteiger partial charge is 0.507 e. The van der Waals surface area contributed by atoms with E-state index in [0.29, 0.717) is 16.8 Å². The van der Waals surface area contributed by atoms with Crippen molar-refractivity contribution in [3.05, 3.63) is 51.4 Å². The lowest BCUT2D eigenvalue weighted by Gasteiger charge is -2.11. The van der Waals surface area contributed by atoms with Gasteiger partial charge in [-0.1, -0.05) is 35.9 Å². The summed E-state index contributed by atoms with van der Waals surface area (Å²) in [6, 6.07) is 9.80. The minimum Gasteiger partial charge on any atom is -0.507 e. The first kappa shape index (κ1) is 13.2. The third-order valence-corrected chi connectivity index (χ3v) is 4.33. The molecule has 0 fully saturated rings. The standard InChI is InChI=1S/C15H13ClN2OS/c1-9-5-6-11-12(14(9)19)3-2-4-13(11)17-7-10-8-18-15(16)20-10/h2-6,8,17,19H,7H2,1H3. The highest BCUT2D eigenvalue weighted by molar-refractivity contribution is 7.15. The summed E-state index contributed by atoms with van der Waals surface area (Å²) < 4.78 is 0.549. The number of aryl methyl sites for hydroxylation is 1. The second-order valence-corrected chi connectivity index (χ2v) is 6.26. The molecule has 0 aliphatic heterocycles. The van der Waals surface area contributed by atoms with Gasteiger partial charge in [0.05, 0.1) is 6.54 Å². The predicted octanol–water partition coefficient (Wildman–Crippen LogP) is 4.58. The number of anilines is 1. The molecule has 5 heteroatoms. The summed E-state index contributed by atoms with van der Waals surface area (Å²) >= 11 is 7.28. The average Bonchev–Trinajstić information content (AvgIpc) is 2.86. The molecule has 3 nitrogen and oxygen atoms in total.